The first kappa shape index (κ1) is 17.6. The molecule has 0 saturated heterocycles. The van der Waals surface area contributed by atoms with Crippen LogP contribution in [0.2, 0.25) is 5.02 Å². The summed E-state index contributed by atoms with van der Waals surface area (Å²) in [5, 5.41) is 8.99. The Hall–Kier alpha value is -1.17. The SMILES string of the molecule is CC(C)n1cnn(CNC2(c3ccc(Cl)cc3)CCCCC2)c1=S. The molecule has 1 fully saturated rings. The zero-order valence-corrected chi connectivity index (χ0v) is 15.9. The van der Waals surface area contributed by atoms with E-state index in [0.717, 1.165) is 22.6 Å². The Morgan fingerprint density at radius 3 is 2.46 bits per heavy atom. The highest BCUT2D eigenvalue weighted by Gasteiger charge is 2.33. The van der Waals surface area contributed by atoms with Crippen LogP contribution in [-0.4, -0.2) is 14.3 Å². The average molecular weight is 365 g/mol. The minimum atomic E-state index is -0.0147. The molecule has 1 aliphatic carbocycles. The average Bonchev–Trinajstić information content (AvgIpc) is 2.95. The van der Waals surface area contributed by atoms with Gasteiger partial charge in [-0.2, -0.15) is 5.10 Å². The third-order valence-corrected chi connectivity index (χ3v) is 5.66. The van der Waals surface area contributed by atoms with Crippen LogP contribution >= 0.6 is 23.8 Å². The molecule has 130 valence electrons. The number of halogens is 1. The van der Waals surface area contributed by atoms with Crippen molar-refractivity contribution in [1.82, 2.24) is 19.7 Å². The molecule has 1 aromatic heterocycles. The first-order valence-electron chi connectivity index (χ1n) is 8.67. The van der Waals surface area contributed by atoms with E-state index < -0.39 is 0 Å². The molecule has 0 bridgehead atoms. The van der Waals surface area contributed by atoms with E-state index in [1.54, 1.807) is 0 Å². The molecule has 1 aromatic carbocycles. The standard InChI is InChI=1S/C18H25ClN4S/c1-14(2)22-13-21-23(17(22)24)12-20-18(10-4-3-5-11-18)15-6-8-16(19)9-7-15/h6-9,13-14,20H,3-5,10-12H2,1-2H3. The minimum absolute atomic E-state index is 0.0147. The topological polar surface area (TPSA) is 34.8 Å². The Morgan fingerprint density at radius 1 is 1.21 bits per heavy atom. The molecule has 24 heavy (non-hydrogen) atoms. The summed E-state index contributed by atoms with van der Waals surface area (Å²) in [7, 11) is 0. The minimum Gasteiger partial charge on any atom is -0.304 e. The van der Waals surface area contributed by atoms with Gasteiger partial charge >= 0.3 is 0 Å². The predicted octanol–water partition coefficient (Wildman–Crippen LogP) is 5.06. The molecule has 1 N–H and O–H groups in total. The first-order chi connectivity index (χ1) is 11.5. The summed E-state index contributed by atoms with van der Waals surface area (Å²) in [5.74, 6) is 0. The number of aromatic nitrogens is 3. The number of nitrogens with one attached hydrogen (secondary N) is 1. The van der Waals surface area contributed by atoms with Crippen molar-refractivity contribution in [3.8, 4) is 0 Å². The highest BCUT2D eigenvalue weighted by atomic mass is 35.5. The van der Waals surface area contributed by atoms with Gasteiger partial charge in [-0.05, 0) is 56.6 Å². The highest BCUT2D eigenvalue weighted by molar-refractivity contribution is 7.71. The lowest BCUT2D eigenvalue weighted by molar-refractivity contribution is 0.210. The van der Waals surface area contributed by atoms with Crippen molar-refractivity contribution in [3.05, 3.63) is 45.9 Å². The van der Waals surface area contributed by atoms with Crippen LogP contribution in [0.25, 0.3) is 0 Å². The van der Waals surface area contributed by atoms with Gasteiger partial charge in [-0.15, -0.1) is 0 Å². The quantitative estimate of drug-likeness (QED) is 0.753. The van der Waals surface area contributed by atoms with Gasteiger partial charge in [0.15, 0.2) is 4.77 Å². The lowest BCUT2D eigenvalue weighted by atomic mass is 9.76. The van der Waals surface area contributed by atoms with Gasteiger partial charge in [0.1, 0.15) is 6.33 Å². The molecular weight excluding hydrogens is 340 g/mol. The van der Waals surface area contributed by atoms with Crippen LogP contribution in [0.5, 0.6) is 0 Å². The Labute approximate surface area is 153 Å². The van der Waals surface area contributed by atoms with Crippen LogP contribution in [0.4, 0.5) is 0 Å². The van der Waals surface area contributed by atoms with Crippen molar-refractivity contribution in [2.24, 2.45) is 0 Å². The van der Waals surface area contributed by atoms with E-state index in [9.17, 15) is 0 Å². The van der Waals surface area contributed by atoms with E-state index in [0.29, 0.717) is 12.7 Å². The summed E-state index contributed by atoms with van der Waals surface area (Å²) in [5.41, 5.74) is 1.29. The normalized spacial score (nSPS) is 17.3. The smallest absolute Gasteiger partial charge is 0.199 e. The molecule has 3 rings (SSSR count). The summed E-state index contributed by atoms with van der Waals surface area (Å²) >= 11 is 11.6. The maximum atomic E-state index is 6.07. The molecule has 4 nitrogen and oxygen atoms in total. The largest absolute Gasteiger partial charge is 0.304 e. The van der Waals surface area contributed by atoms with Gasteiger partial charge in [-0.3, -0.25) is 5.32 Å². The van der Waals surface area contributed by atoms with Gasteiger partial charge in [0.2, 0.25) is 0 Å². The van der Waals surface area contributed by atoms with Crippen molar-refractivity contribution >= 4 is 23.8 Å². The third-order valence-electron chi connectivity index (χ3n) is 4.98. The molecule has 0 aliphatic heterocycles. The zero-order valence-electron chi connectivity index (χ0n) is 14.3. The zero-order chi connectivity index (χ0) is 17.2. The van der Waals surface area contributed by atoms with Crippen molar-refractivity contribution in [2.75, 3.05) is 0 Å². The molecule has 0 radical (unpaired) electrons. The van der Waals surface area contributed by atoms with Crippen LogP contribution in [0.1, 0.15) is 57.6 Å². The van der Waals surface area contributed by atoms with Crippen LogP contribution in [0, 0.1) is 4.77 Å². The Morgan fingerprint density at radius 2 is 1.88 bits per heavy atom. The first-order valence-corrected chi connectivity index (χ1v) is 9.45. The second-order valence-corrected chi connectivity index (χ2v) is 7.70. The van der Waals surface area contributed by atoms with E-state index in [-0.39, 0.29) is 5.54 Å². The lowest BCUT2D eigenvalue weighted by Crippen LogP contribution is -2.44. The van der Waals surface area contributed by atoms with Crippen LogP contribution in [-0.2, 0) is 12.2 Å². The fourth-order valence-electron chi connectivity index (χ4n) is 3.53. The maximum Gasteiger partial charge on any atom is 0.199 e. The van der Waals surface area contributed by atoms with E-state index in [1.165, 1.54) is 24.8 Å². The van der Waals surface area contributed by atoms with Gasteiger partial charge in [-0.1, -0.05) is 43.0 Å². The molecule has 0 spiro atoms. The summed E-state index contributed by atoms with van der Waals surface area (Å²) < 4.78 is 4.66. The highest BCUT2D eigenvalue weighted by Crippen LogP contribution is 2.37. The molecule has 0 atom stereocenters. The molecule has 1 heterocycles. The molecule has 2 aromatic rings. The number of benzene rings is 1. The summed E-state index contributed by atoms with van der Waals surface area (Å²) in [6.07, 6.45) is 7.87. The van der Waals surface area contributed by atoms with Crippen LogP contribution < -0.4 is 5.32 Å². The van der Waals surface area contributed by atoms with Gasteiger partial charge < -0.3 is 4.57 Å². The van der Waals surface area contributed by atoms with Gasteiger partial charge in [0.05, 0.1) is 6.67 Å². The van der Waals surface area contributed by atoms with E-state index in [2.05, 4.69) is 36.4 Å². The molecular formula is C18H25ClN4S. The van der Waals surface area contributed by atoms with Crippen molar-refractivity contribution < 1.29 is 0 Å². The summed E-state index contributed by atoms with van der Waals surface area (Å²) in [4.78, 5) is 0. The summed E-state index contributed by atoms with van der Waals surface area (Å²) in [6, 6.07) is 8.58. The molecule has 1 saturated carbocycles. The Balaban J connectivity index is 1.83. The fourth-order valence-corrected chi connectivity index (χ4v) is 4.03. The number of hydrogen-bond acceptors (Lipinski definition) is 3. The molecule has 0 amide bonds. The Kier molecular flexibility index (Phi) is 5.42. The van der Waals surface area contributed by atoms with E-state index >= 15 is 0 Å². The van der Waals surface area contributed by atoms with Crippen LogP contribution in [0.15, 0.2) is 30.6 Å². The van der Waals surface area contributed by atoms with E-state index in [4.69, 9.17) is 23.8 Å². The predicted molar refractivity (Wildman–Crippen MR) is 101 cm³/mol. The monoisotopic (exact) mass is 364 g/mol. The van der Waals surface area contributed by atoms with Crippen LogP contribution in [0.3, 0.4) is 0 Å². The van der Waals surface area contributed by atoms with Gasteiger partial charge in [0, 0.05) is 16.6 Å². The Bertz CT molecular complexity index is 726. The third kappa shape index (κ3) is 3.58. The van der Waals surface area contributed by atoms with Gasteiger partial charge in [0.25, 0.3) is 0 Å². The number of hydrogen-bond donors (Lipinski definition) is 1. The van der Waals surface area contributed by atoms with Crippen molar-refractivity contribution in [2.45, 2.75) is 64.2 Å². The van der Waals surface area contributed by atoms with Crippen molar-refractivity contribution in [3.63, 3.8) is 0 Å². The second kappa shape index (κ2) is 7.38. The fraction of sp³-hybridized carbons (Fsp3) is 0.556. The molecule has 6 heteroatoms. The van der Waals surface area contributed by atoms with Gasteiger partial charge in [-0.25, -0.2) is 4.68 Å². The van der Waals surface area contributed by atoms with Crippen molar-refractivity contribution in [1.29, 1.82) is 0 Å². The lowest BCUT2D eigenvalue weighted by Gasteiger charge is -2.39. The molecule has 1 aliphatic rings. The second-order valence-electron chi connectivity index (χ2n) is 6.90. The number of rotatable bonds is 5. The number of nitrogens with zero attached hydrogens (tertiary/aromatic N) is 3. The summed E-state index contributed by atoms with van der Waals surface area (Å²) in [6.45, 7) is 4.86. The maximum absolute atomic E-state index is 6.07. The van der Waals surface area contributed by atoms with E-state index in [1.807, 2.05) is 27.7 Å². The molecule has 0 unspecified atom stereocenters.